The van der Waals surface area contributed by atoms with Gasteiger partial charge in [0.2, 0.25) is 0 Å². The molecule has 0 aromatic heterocycles. The molecule has 0 saturated heterocycles. The zero-order chi connectivity index (χ0) is 10.9. The zero-order valence-electron chi connectivity index (χ0n) is 6.36. The van der Waals surface area contributed by atoms with Crippen molar-refractivity contribution in [3.63, 3.8) is 0 Å². The maximum atomic E-state index is 12.0. The highest BCUT2D eigenvalue weighted by Gasteiger charge is 2.46. The van der Waals surface area contributed by atoms with Crippen LogP contribution < -0.4 is 0 Å². The summed E-state index contributed by atoms with van der Waals surface area (Å²) >= 11 is 7.69. The lowest BCUT2D eigenvalue weighted by molar-refractivity contribution is -0.0435. The molecule has 1 rings (SSSR count). The third-order valence-corrected chi connectivity index (χ3v) is 2.69. The number of benzene rings is 1. The van der Waals surface area contributed by atoms with E-state index in [2.05, 4.69) is 6.07 Å². The molecule has 1 unspecified atom stereocenters. The van der Waals surface area contributed by atoms with Crippen LogP contribution in [0.3, 0.4) is 0 Å². The van der Waals surface area contributed by atoms with Crippen LogP contribution in [0.4, 0.5) is 13.2 Å². The van der Waals surface area contributed by atoms with Gasteiger partial charge in [-0.3, -0.25) is 0 Å². The molecule has 0 bridgehead atoms. The van der Waals surface area contributed by atoms with E-state index in [-0.39, 0.29) is 10.0 Å². The minimum atomic E-state index is -4.81. The van der Waals surface area contributed by atoms with E-state index in [4.69, 9.17) is 23.2 Å². The average Bonchev–Trinajstić information content (AvgIpc) is 1.99. The third kappa shape index (κ3) is 2.95. The first-order valence-corrected chi connectivity index (χ1v) is 5.08. The zero-order valence-corrected chi connectivity index (χ0v) is 8.69. The van der Waals surface area contributed by atoms with E-state index in [0.29, 0.717) is 0 Å². The predicted octanol–water partition coefficient (Wildman–Crippen LogP) is 3.42. The van der Waals surface area contributed by atoms with Gasteiger partial charge in [0.05, 0.1) is 21.2 Å². The Morgan fingerprint density at radius 1 is 1.21 bits per heavy atom. The third-order valence-electron chi connectivity index (χ3n) is 1.20. The maximum absolute atomic E-state index is 12.0. The molecule has 0 aliphatic heterocycles. The van der Waals surface area contributed by atoms with Crippen LogP contribution in [0.2, 0.25) is 10.0 Å². The number of hydrogen-bond donors (Lipinski definition) is 0. The van der Waals surface area contributed by atoms with Crippen molar-refractivity contribution in [2.24, 2.45) is 0 Å². The van der Waals surface area contributed by atoms with E-state index < -0.39 is 21.6 Å². The monoisotopic (exact) mass is 261 g/mol. The highest BCUT2D eigenvalue weighted by molar-refractivity contribution is 7.92. The van der Waals surface area contributed by atoms with Gasteiger partial charge in [0, 0.05) is 18.2 Å². The molecule has 0 aliphatic carbocycles. The van der Waals surface area contributed by atoms with Crippen molar-refractivity contribution in [1.82, 2.24) is 0 Å². The fraction of sp³-hybridized carbons (Fsp3) is 0.143. The summed E-state index contributed by atoms with van der Waals surface area (Å²) in [4.78, 5) is -0.480. The lowest BCUT2D eigenvalue weighted by Gasteiger charge is -2.12. The van der Waals surface area contributed by atoms with Gasteiger partial charge in [-0.2, -0.15) is 0 Å². The first-order chi connectivity index (χ1) is 6.30. The summed E-state index contributed by atoms with van der Waals surface area (Å²) in [6.45, 7) is 0. The molecule has 0 fully saturated rings. The Morgan fingerprint density at radius 2 is 1.64 bits per heavy atom. The van der Waals surface area contributed by atoms with Crippen LogP contribution in [0, 0.1) is 6.07 Å². The van der Waals surface area contributed by atoms with Crippen LogP contribution in [0.5, 0.6) is 0 Å². The van der Waals surface area contributed by atoms with Crippen molar-refractivity contribution in [2.45, 2.75) is 10.4 Å². The molecule has 7 heteroatoms. The quantitative estimate of drug-likeness (QED) is 0.711. The van der Waals surface area contributed by atoms with Crippen molar-refractivity contribution < 1.29 is 17.7 Å². The van der Waals surface area contributed by atoms with Crippen molar-refractivity contribution in [3.05, 3.63) is 28.2 Å². The SMILES string of the molecule is [O-][S+](c1cc(Cl)[c]c(Cl)c1)C(F)(F)F. The second-order valence-corrected chi connectivity index (χ2v) is 4.51. The molecule has 1 aromatic rings. The van der Waals surface area contributed by atoms with E-state index >= 15 is 0 Å². The molecule has 1 atom stereocenters. The molecule has 0 saturated carbocycles. The van der Waals surface area contributed by atoms with Gasteiger partial charge in [0.1, 0.15) is 0 Å². The van der Waals surface area contributed by atoms with E-state index in [9.17, 15) is 17.7 Å². The highest BCUT2D eigenvalue weighted by atomic mass is 35.5. The summed E-state index contributed by atoms with van der Waals surface area (Å²) in [5.74, 6) is 0. The Kier molecular flexibility index (Phi) is 3.58. The van der Waals surface area contributed by atoms with Crippen LogP contribution >= 0.6 is 23.2 Å². The van der Waals surface area contributed by atoms with Crippen molar-refractivity contribution in [3.8, 4) is 0 Å². The van der Waals surface area contributed by atoms with Crippen molar-refractivity contribution in [2.75, 3.05) is 0 Å². The minimum Gasteiger partial charge on any atom is -0.604 e. The number of rotatable bonds is 1. The molecule has 0 spiro atoms. The number of alkyl halides is 3. The Bertz CT molecular complexity index is 322. The molecule has 0 N–H and O–H groups in total. The predicted molar refractivity (Wildman–Crippen MR) is 47.8 cm³/mol. The van der Waals surface area contributed by atoms with Gasteiger partial charge < -0.3 is 4.55 Å². The lowest BCUT2D eigenvalue weighted by Crippen LogP contribution is -2.23. The summed E-state index contributed by atoms with van der Waals surface area (Å²) in [5, 5.41) is -0.213. The molecular formula is C7H2Cl2F3OS. The highest BCUT2D eigenvalue weighted by Crippen LogP contribution is 2.32. The Balaban J connectivity index is 3.07. The summed E-state index contributed by atoms with van der Waals surface area (Å²) in [7, 11) is 0. The van der Waals surface area contributed by atoms with Gasteiger partial charge in [-0.1, -0.05) is 23.2 Å². The second kappa shape index (κ2) is 4.18. The maximum Gasteiger partial charge on any atom is 0.578 e. The number of halogens is 5. The summed E-state index contributed by atoms with van der Waals surface area (Å²) in [6, 6.07) is 4.17. The molecule has 0 heterocycles. The second-order valence-electron chi connectivity index (χ2n) is 2.23. The lowest BCUT2D eigenvalue weighted by atomic mass is 10.4. The first kappa shape index (κ1) is 12.0. The normalized spacial score (nSPS) is 14.1. The molecule has 1 aromatic carbocycles. The van der Waals surface area contributed by atoms with Crippen molar-refractivity contribution in [1.29, 1.82) is 0 Å². The minimum absolute atomic E-state index is 0.106. The molecule has 14 heavy (non-hydrogen) atoms. The number of hydrogen-bond acceptors (Lipinski definition) is 1. The average molecular weight is 262 g/mol. The van der Waals surface area contributed by atoms with Gasteiger partial charge in [-0.15, -0.1) is 13.2 Å². The Hall–Kier alpha value is -0.100. The fourth-order valence-electron chi connectivity index (χ4n) is 0.718. The van der Waals surface area contributed by atoms with Crippen molar-refractivity contribution >= 4 is 34.4 Å². The molecule has 0 aliphatic rings. The van der Waals surface area contributed by atoms with Crippen LogP contribution in [0.1, 0.15) is 0 Å². The smallest absolute Gasteiger partial charge is 0.578 e. The van der Waals surface area contributed by atoms with Crippen LogP contribution in [0.15, 0.2) is 17.0 Å². The Morgan fingerprint density at radius 3 is 2.00 bits per heavy atom. The summed E-state index contributed by atoms with van der Waals surface area (Å²) < 4.78 is 46.8. The van der Waals surface area contributed by atoms with Crippen LogP contribution in [-0.4, -0.2) is 10.1 Å². The molecule has 1 radical (unpaired) electrons. The van der Waals surface area contributed by atoms with E-state index in [1.54, 1.807) is 0 Å². The standard InChI is InChI=1S/C7H2Cl2F3OS/c8-4-1-5(9)3-6(2-4)14(13)7(10,11)12/h2-3H. The first-order valence-electron chi connectivity index (χ1n) is 3.17. The van der Waals surface area contributed by atoms with Gasteiger partial charge in [0.25, 0.3) is 0 Å². The molecule has 77 valence electrons. The Labute approximate surface area is 91.0 Å². The topological polar surface area (TPSA) is 23.1 Å². The van der Waals surface area contributed by atoms with Gasteiger partial charge in [-0.05, 0) is 0 Å². The van der Waals surface area contributed by atoms with Gasteiger partial charge in [-0.25, -0.2) is 0 Å². The van der Waals surface area contributed by atoms with E-state index in [1.165, 1.54) is 0 Å². The molecule has 1 nitrogen and oxygen atoms in total. The van der Waals surface area contributed by atoms with Gasteiger partial charge >= 0.3 is 5.51 Å². The van der Waals surface area contributed by atoms with E-state index in [1.807, 2.05) is 0 Å². The fourth-order valence-corrected chi connectivity index (χ4v) is 2.05. The molecule has 0 amide bonds. The summed E-state index contributed by atoms with van der Waals surface area (Å²) in [5.41, 5.74) is -4.81. The molecular weight excluding hydrogens is 260 g/mol. The van der Waals surface area contributed by atoms with Crippen LogP contribution in [0.25, 0.3) is 0 Å². The van der Waals surface area contributed by atoms with Gasteiger partial charge in [0.15, 0.2) is 4.90 Å². The summed E-state index contributed by atoms with van der Waals surface area (Å²) in [6.07, 6.45) is 0. The van der Waals surface area contributed by atoms with E-state index in [0.717, 1.165) is 12.1 Å². The largest absolute Gasteiger partial charge is 0.604 e. The van der Waals surface area contributed by atoms with Crippen LogP contribution in [-0.2, 0) is 11.2 Å².